The van der Waals surface area contributed by atoms with Gasteiger partial charge in [0.1, 0.15) is 23.0 Å². The van der Waals surface area contributed by atoms with Crippen molar-refractivity contribution in [1.82, 2.24) is 0 Å². The Morgan fingerprint density at radius 3 is 1.02 bits per heavy atom. The second-order valence-electron chi connectivity index (χ2n) is 16.0. The summed E-state index contributed by atoms with van der Waals surface area (Å²) in [7, 11) is 0. The lowest BCUT2D eigenvalue weighted by Gasteiger charge is -2.09. The molecule has 0 saturated carbocycles. The van der Waals surface area contributed by atoms with Gasteiger partial charge in [-0.3, -0.25) is 0 Å². The first-order chi connectivity index (χ1) is 32.2. The van der Waals surface area contributed by atoms with Crippen LogP contribution in [0.5, 0.6) is 23.0 Å². The van der Waals surface area contributed by atoms with Crippen LogP contribution in [0.25, 0.3) is 0 Å². The van der Waals surface area contributed by atoms with Crippen molar-refractivity contribution in [3.63, 3.8) is 0 Å². The first-order valence-electron chi connectivity index (χ1n) is 24.1. The molecule has 0 aliphatic rings. The number of ether oxygens (including phenoxy) is 6. The molecular weight excluding hydrogens is 841 g/mol. The third-order valence-electron chi connectivity index (χ3n) is 10.5. The van der Waals surface area contributed by atoms with Crippen LogP contribution in [0.4, 0.5) is 0 Å². The van der Waals surface area contributed by atoms with Crippen molar-refractivity contribution in [2.75, 3.05) is 39.6 Å². The minimum atomic E-state index is -0.923. The summed E-state index contributed by atoms with van der Waals surface area (Å²) in [5.74, 6) is 0.576. The Labute approximate surface area is 393 Å². The number of carbonyl (C=O) groups is 4. The molecule has 0 heterocycles. The highest BCUT2D eigenvalue weighted by atomic mass is 16.5. The molecule has 2 N–H and O–H groups in total. The molecule has 0 unspecified atom stereocenters. The van der Waals surface area contributed by atoms with Gasteiger partial charge in [-0.25, -0.2) is 19.2 Å². The number of aliphatic hydroxyl groups excluding tert-OH is 1. The highest BCUT2D eigenvalue weighted by Crippen LogP contribution is 2.21. The maximum atomic E-state index is 12.5. The number of esters is 3. The Hall–Kier alpha value is -5.62. The van der Waals surface area contributed by atoms with Gasteiger partial charge in [-0.15, -0.1) is 0 Å². The third kappa shape index (κ3) is 29.8. The molecule has 364 valence electrons. The molecule has 0 aliphatic heterocycles. The predicted octanol–water partition coefficient (Wildman–Crippen LogP) is 12.5. The maximum Gasteiger partial charge on any atom is 0.343 e. The van der Waals surface area contributed by atoms with Gasteiger partial charge in [0.15, 0.2) is 0 Å². The van der Waals surface area contributed by atoms with Crippen molar-refractivity contribution in [3.8, 4) is 23.0 Å². The normalized spacial score (nSPS) is 10.5. The molecule has 12 nitrogen and oxygen atoms in total. The van der Waals surface area contributed by atoms with E-state index in [0.29, 0.717) is 62.5 Å². The topological polar surface area (TPSA) is 164 Å². The molecule has 0 bridgehead atoms. The van der Waals surface area contributed by atoms with Gasteiger partial charge in [-0.1, -0.05) is 103 Å². The number of benzene rings is 3. The average molecular weight is 917 g/mol. The molecule has 12 heteroatoms. The average Bonchev–Trinajstić information content (AvgIpc) is 3.33. The predicted molar refractivity (Wildman–Crippen MR) is 259 cm³/mol. The van der Waals surface area contributed by atoms with E-state index >= 15 is 0 Å². The maximum absolute atomic E-state index is 12.5. The first-order valence-corrected chi connectivity index (χ1v) is 24.1. The van der Waals surface area contributed by atoms with Crippen LogP contribution in [-0.4, -0.2) is 73.7 Å². The van der Waals surface area contributed by atoms with E-state index in [1.54, 1.807) is 60.7 Å². The summed E-state index contributed by atoms with van der Waals surface area (Å²) in [5.41, 5.74) is 0.724. The fourth-order valence-electron chi connectivity index (χ4n) is 6.63. The fourth-order valence-corrected chi connectivity index (χ4v) is 6.63. The standard InChI is InChI=1S/C33H46O7.C21H30O5/c1-2-32(35)39-27-15-11-10-14-26-37-29-18-16-28(17-19-29)33(36)40-31-22-20-30(21-23-31)38-25-13-9-7-5-3-4-6-8-12-24-34;1-2-20(22)26-17-11-9-7-5-3-4-6-8-10-16-25-19-14-12-18(13-15-19)21(23)24/h2,16-23,34H,1,3-15,24-27H2;2,12-15H,1,3-11,16-17H2,(H,23,24). The van der Waals surface area contributed by atoms with Crippen LogP contribution in [0.15, 0.2) is 98.1 Å². The van der Waals surface area contributed by atoms with Crippen LogP contribution in [0.3, 0.4) is 0 Å². The van der Waals surface area contributed by atoms with E-state index in [9.17, 15) is 19.2 Å². The number of carboxylic acid groups (broad SMARTS) is 1. The molecule has 0 aromatic heterocycles. The van der Waals surface area contributed by atoms with E-state index in [1.807, 2.05) is 12.1 Å². The van der Waals surface area contributed by atoms with Crippen molar-refractivity contribution >= 4 is 23.9 Å². The Morgan fingerprint density at radius 1 is 0.394 bits per heavy atom. The number of hydrogen-bond donors (Lipinski definition) is 2. The largest absolute Gasteiger partial charge is 0.494 e. The summed E-state index contributed by atoms with van der Waals surface area (Å²) in [4.78, 5) is 45.1. The van der Waals surface area contributed by atoms with Gasteiger partial charge in [0, 0.05) is 18.8 Å². The molecule has 0 amide bonds. The number of rotatable bonds is 38. The Morgan fingerprint density at radius 2 is 0.682 bits per heavy atom. The second kappa shape index (κ2) is 38.6. The molecule has 0 radical (unpaired) electrons. The zero-order valence-electron chi connectivity index (χ0n) is 39.3. The number of unbranched alkanes of at least 4 members (excludes halogenated alkanes) is 19. The van der Waals surface area contributed by atoms with Gasteiger partial charge in [0.2, 0.25) is 0 Å². The van der Waals surface area contributed by atoms with Crippen LogP contribution in [-0.2, 0) is 19.1 Å². The highest BCUT2D eigenvalue weighted by Gasteiger charge is 2.10. The van der Waals surface area contributed by atoms with Gasteiger partial charge in [0.05, 0.1) is 44.2 Å². The van der Waals surface area contributed by atoms with E-state index in [2.05, 4.69) is 13.2 Å². The Kier molecular flexibility index (Phi) is 33.1. The summed E-state index contributed by atoms with van der Waals surface area (Å²) < 4.78 is 32.5. The van der Waals surface area contributed by atoms with E-state index in [0.717, 1.165) is 82.8 Å². The van der Waals surface area contributed by atoms with Crippen LogP contribution < -0.4 is 18.9 Å². The zero-order valence-corrected chi connectivity index (χ0v) is 39.3. The van der Waals surface area contributed by atoms with E-state index in [4.69, 9.17) is 38.6 Å². The molecule has 0 spiro atoms. The smallest absolute Gasteiger partial charge is 0.343 e. The fraction of sp³-hybridized carbons (Fsp3) is 0.519. The van der Waals surface area contributed by atoms with Gasteiger partial charge in [0.25, 0.3) is 0 Å². The van der Waals surface area contributed by atoms with Crippen molar-refractivity contribution in [1.29, 1.82) is 0 Å². The lowest BCUT2D eigenvalue weighted by atomic mass is 10.1. The van der Waals surface area contributed by atoms with E-state index < -0.39 is 11.9 Å². The number of aliphatic hydroxyl groups is 1. The third-order valence-corrected chi connectivity index (χ3v) is 10.5. The van der Waals surface area contributed by atoms with Gasteiger partial charge >= 0.3 is 23.9 Å². The number of hydrogen-bond acceptors (Lipinski definition) is 11. The molecule has 66 heavy (non-hydrogen) atoms. The molecule has 0 fully saturated rings. The summed E-state index contributed by atoms with van der Waals surface area (Å²) in [5, 5.41) is 17.6. The van der Waals surface area contributed by atoms with Gasteiger partial charge in [-0.2, -0.15) is 0 Å². The SMILES string of the molecule is C=CC(=O)OCCCCCCCCCCCOc1ccc(C(=O)O)cc1.C=CC(=O)OCCCCCCOc1ccc(C(=O)Oc2ccc(OCCCCCCCCCCCO)cc2)cc1. The summed E-state index contributed by atoms with van der Waals surface area (Å²) in [6.45, 7) is 9.86. The molecule has 3 rings (SSSR count). The van der Waals surface area contributed by atoms with Crippen molar-refractivity contribution in [2.24, 2.45) is 0 Å². The molecule has 0 atom stereocenters. The van der Waals surface area contributed by atoms with Gasteiger partial charge in [-0.05, 0) is 124 Å². The summed E-state index contributed by atoms with van der Waals surface area (Å²) in [6, 6.07) is 20.5. The number of carbonyl (C=O) groups excluding carboxylic acids is 3. The monoisotopic (exact) mass is 917 g/mol. The van der Waals surface area contributed by atoms with Gasteiger partial charge < -0.3 is 38.6 Å². The van der Waals surface area contributed by atoms with E-state index in [1.165, 1.54) is 76.4 Å². The molecule has 3 aromatic carbocycles. The molecular formula is C54H76O12. The number of aromatic carboxylic acids is 1. The van der Waals surface area contributed by atoms with Crippen molar-refractivity contribution < 1.29 is 57.8 Å². The summed E-state index contributed by atoms with van der Waals surface area (Å²) in [6.07, 6.45) is 26.7. The molecule has 0 aliphatic carbocycles. The molecule has 0 saturated heterocycles. The van der Waals surface area contributed by atoms with Crippen LogP contribution in [0, 0.1) is 0 Å². The van der Waals surface area contributed by atoms with Crippen molar-refractivity contribution in [3.05, 3.63) is 109 Å². The highest BCUT2D eigenvalue weighted by molar-refractivity contribution is 5.91. The minimum absolute atomic E-state index is 0.273. The minimum Gasteiger partial charge on any atom is -0.494 e. The Bertz CT molecular complexity index is 1740. The number of carboxylic acids is 1. The molecule has 3 aromatic rings. The van der Waals surface area contributed by atoms with Crippen LogP contribution >= 0.6 is 0 Å². The second-order valence-corrected chi connectivity index (χ2v) is 16.0. The van der Waals surface area contributed by atoms with Crippen molar-refractivity contribution in [2.45, 2.75) is 141 Å². The lowest BCUT2D eigenvalue weighted by molar-refractivity contribution is -0.138. The summed E-state index contributed by atoms with van der Waals surface area (Å²) >= 11 is 0. The zero-order chi connectivity index (χ0) is 47.7. The van der Waals surface area contributed by atoms with Crippen LogP contribution in [0.2, 0.25) is 0 Å². The lowest BCUT2D eigenvalue weighted by Crippen LogP contribution is -2.08. The quantitative estimate of drug-likeness (QED) is 0.0242. The van der Waals surface area contributed by atoms with Crippen LogP contribution in [0.1, 0.15) is 162 Å². The van der Waals surface area contributed by atoms with E-state index in [-0.39, 0.29) is 17.5 Å². The Balaban J connectivity index is 0.000000497. The first kappa shape index (κ1) is 56.5.